The van der Waals surface area contributed by atoms with Crippen LogP contribution in [0.1, 0.15) is 148 Å². The Labute approximate surface area is 814 Å². The van der Waals surface area contributed by atoms with E-state index in [1.807, 2.05) is 140 Å². The summed E-state index contributed by atoms with van der Waals surface area (Å²) in [6.07, 6.45) is 34.6. The van der Waals surface area contributed by atoms with Crippen LogP contribution in [0.4, 0.5) is 24.5 Å². The van der Waals surface area contributed by atoms with E-state index in [0.29, 0.717) is 28.1 Å². The molecule has 1 saturated carbocycles. The molecule has 25 rings (SSSR count). The number of ether oxygens (including phenoxy) is 1. The number of morpholine rings is 1. The number of aromatic nitrogens is 12. The zero-order valence-electron chi connectivity index (χ0n) is 80.8. The van der Waals surface area contributed by atoms with Crippen molar-refractivity contribution in [2.75, 3.05) is 68.8 Å². The standard InChI is InChI=1S/C33H34FN5.C32H31FN4O.C30H30FN5.C23H22N4/c1-22-17-28-27(19-23(2)37-32(28)29(34)18-22)30-21-35-31-20-25(9-14-39(30)31)24-5-7-26(8-6-24)38-15-11-33(12-16-38)10-3-4-13-36-33;1-20-13-26-25(15-21(2)36-31(26)27(33)14-20)29-17-34-30-16-24(9-12-37(29)30)22-5-7-23(8-6-22)28-18-38-32(19-35-28)10-3-4-11-32;1-19-13-25-24(15-20(2)34-29(25)26(31)14-19)27-17-32-28-16-22(9-11-36(27)28)21-5-7-23(8-6-21)35-12-10-33-30(3,4)18-35;1-2-11-25-21(3-1)18-6-4-17(5-7-18)20-10-14-27-22(16-26-23(27)15-20)19-8-12-24-13-9-19/h5-9,14,17-21,36H,3-4,10-13,15-16H2,1-2H3;5-9,12-17,28,35H,3-4,10-11,18-19H2,1-2H3;5-9,11,13-17,33H,10,12,18H2,1-4H3;4-10,12-16,21,25H,1-3,11H2. The van der Waals surface area contributed by atoms with Gasteiger partial charge in [0.05, 0.1) is 65.8 Å². The number of rotatable bonds is 12. The van der Waals surface area contributed by atoms with Crippen LogP contribution in [0, 0.1) is 59.0 Å². The zero-order valence-corrected chi connectivity index (χ0v) is 80.8. The van der Waals surface area contributed by atoms with E-state index >= 15 is 0 Å². The summed E-state index contributed by atoms with van der Waals surface area (Å²) in [7, 11) is 0. The number of fused-ring (bicyclic) bond motifs is 7. The Morgan fingerprint density at radius 2 is 0.764 bits per heavy atom. The lowest BCUT2D eigenvalue weighted by Crippen LogP contribution is -2.57. The van der Waals surface area contributed by atoms with Crippen molar-refractivity contribution in [3.63, 3.8) is 0 Å². The predicted octanol–water partition coefficient (Wildman–Crippen LogP) is 25.1. The second kappa shape index (κ2) is 38.2. The van der Waals surface area contributed by atoms with Crippen molar-refractivity contribution in [2.45, 2.75) is 161 Å². The minimum Gasteiger partial charge on any atom is -0.372 e. The van der Waals surface area contributed by atoms with Crippen LogP contribution in [0.2, 0.25) is 0 Å². The number of piperidine rings is 3. The third-order valence-corrected chi connectivity index (χ3v) is 29.6. The molecule has 0 amide bonds. The number of nitrogens with one attached hydrogen (secondary N) is 4. The smallest absolute Gasteiger partial charge is 0.149 e. The van der Waals surface area contributed by atoms with Crippen LogP contribution in [0.5, 0.6) is 0 Å². The van der Waals surface area contributed by atoms with Crippen LogP contribution >= 0.6 is 0 Å². The molecule has 19 nitrogen and oxygen atoms in total. The highest BCUT2D eigenvalue weighted by atomic mass is 19.1. The fraction of sp³-hybridized carbons (Fsp3) is 0.288. The fourth-order valence-corrected chi connectivity index (χ4v) is 22.2. The van der Waals surface area contributed by atoms with Gasteiger partial charge >= 0.3 is 0 Å². The molecule has 706 valence electrons. The van der Waals surface area contributed by atoms with E-state index in [0.717, 1.165) is 198 Å². The molecule has 19 aromatic rings. The molecule has 7 aromatic carbocycles. The van der Waals surface area contributed by atoms with Gasteiger partial charge in [0, 0.05) is 160 Å². The van der Waals surface area contributed by atoms with Crippen LogP contribution < -0.4 is 31.1 Å². The summed E-state index contributed by atoms with van der Waals surface area (Å²) in [5.74, 6) is -0.874. The Balaban J connectivity index is 0.000000108. The molecule has 2 atom stereocenters. The Hall–Kier alpha value is -14.1. The first-order valence-corrected chi connectivity index (χ1v) is 49.7. The number of aryl methyl sites for hydroxylation is 6. The summed E-state index contributed by atoms with van der Waals surface area (Å²) < 4.78 is 58.8. The normalized spacial score (nSPS) is 17.4. The molecule has 6 aliphatic rings. The number of piperazine rings is 1. The van der Waals surface area contributed by atoms with Gasteiger partial charge in [0.25, 0.3) is 0 Å². The van der Waals surface area contributed by atoms with Gasteiger partial charge in [-0.15, -0.1) is 0 Å². The van der Waals surface area contributed by atoms with Crippen molar-refractivity contribution in [3.05, 3.63) is 337 Å². The first-order chi connectivity index (χ1) is 68.1. The van der Waals surface area contributed by atoms with Gasteiger partial charge in [0.2, 0.25) is 0 Å². The largest absolute Gasteiger partial charge is 0.372 e. The molecular weight excluding hydrogens is 1740 g/mol. The average Bonchev–Trinajstić information content (AvgIpc) is 1.50. The minimum atomic E-state index is -0.294. The maximum Gasteiger partial charge on any atom is 0.149 e. The highest BCUT2D eigenvalue weighted by molar-refractivity contribution is 5.98. The highest BCUT2D eigenvalue weighted by Gasteiger charge is 2.40. The second-order valence-electron chi connectivity index (χ2n) is 40.1. The van der Waals surface area contributed by atoms with Gasteiger partial charge in [0.15, 0.2) is 0 Å². The van der Waals surface area contributed by atoms with E-state index < -0.39 is 0 Å². The lowest BCUT2D eigenvalue weighted by atomic mass is 9.80. The molecule has 22 heteroatoms. The quantitative estimate of drug-likeness (QED) is 0.0905. The molecule has 0 bridgehead atoms. The van der Waals surface area contributed by atoms with E-state index in [-0.39, 0.29) is 34.6 Å². The van der Waals surface area contributed by atoms with E-state index in [1.54, 1.807) is 6.07 Å². The zero-order chi connectivity index (χ0) is 95.5. The summed E-state index contributed by atoms with van der Waals surface area (Å²) in [6.45, 7) is 25.1. The van der Waals surface area contributed by atoms with Crippen LogP contribution in [0.3, 0.4) is 0 Å². The summed E-state index contributed by atoms with van der Waals surface area (Å²) in [5, 5.41) is 17.2. The third-order valence-electron chi connectivity index (χ3n) is 29.6. The maximum absolute atomic E-state index is 14.7. The molecule has 5 aliphatic heterocycles. The monoisotopic (exact) mass is 1860 g/mol. The topological polar surface area (TPSA) is 185 Å². The van der Waals surface area contributed by atoms with Gasteiger partial charge in [-0.25, -0.2) is 33.1 Å². The molecule has 2 unspecified atom stereocenters. The SMILES string of the molecule is Cc1cc(F)c2nc(C)cc(-c3cnc4cc(-c5ccc(C6COC7(CCCC7)CN6)cc5)ccn34)c2c1.Cc1cc(F)c2nc(C)cc(-c3cnc4cc(-c5ccc(N6CCC7(CCCCN7)CC6)cc5)ccn34)c2c1.Cc1cc(F)c2nc(C)cc(-c3cnc4cc(-c5ccc(N6CCNC(C)(C)C6)cc5)ccn34)c2c1.c1cc(-c2cnc3cc(-c4ccc(C5CCCCN5)cc4)ccn23)ccn1. The second-order valence-corrected chi connectivity index (χ2v) is 40.1. The molecule has 12 aromatic heterocycles. The van der Waals surface area contributed by atoms with Gasteiger partial charge < -0.3 is 35.8 Å². The Bertz CT molecular complexity index is 7800. The number of benzene rings is 7. The van der Waals surface area contributed by atoms with Crippen LogP contribution in [0.15, 0.2) is 274 Å². The Morgan fingerprint density at radius 1 is 0.357 bits per heavy atom. The van der Waals surface area contributed by atoms with E-state index in [9.17, 15) is 13.2 Å². The summed E-state index contributed by atoms with van der Waals surface area (Å²) in [6, 6.07) is 73.9. The molecule has 6 fully saturated rings. The van der Waals surface area contributed by atoms with E-state index in [2.05, 4.69) is 245 Å². The first-order valence-electron chi connectivity index (χ1n) is 49.7. The van der Waals surface area contributed by atoms with E-state index in [4.69, 9.17) is 19.7 Å². The van der Waals surface area contributed by atoms with Crippen molar-refractivity contribution in [2.24, 2.45) is 0 Å². The van der Waals surface area contributed by atoms with Crippen LogP contribution in [-0.4, -0.2) is 133 Å². The highest BCUT2D eigenvalue weighted by Crippen LogP contribution is 2.43. The minimum absolute atomic E-state index is 0.0726. The van der Waals surface area contributed by atoms with Crippen molar-refractivity contribution >= 4 is 66.7 Å². The molecule has 4 N–H and O–H groups in total. The molecule has 1 aliphatic carbocycles. The summed E-state index contributed by atoms with van der Waals surface area (Å²) in [4.78, 5) is 41.2. The van der Waals surface area contributed by atoms with Gasteiger partial charge in [-0.2, -0.15) is 0 Å². The fourth-order valence-electron chi connectivity index (χ4n) is 22.2. The van der Waals surface area contributed by atoms with Crippen molar-refractivity contribution < 1.29 is 17.9 Å². The maximum atomic E-state index is 14.7. The third kappa shape index (κ3) is 18.6. The van der Waals surface area contributed by atoms with Gasteiger partial charge in [-0.05, 0) is 332 Å². The molecule has 0 radical (unpaired) electrons. The van der Waals surface area contributed by atoms with Crippen LogP contribution in [0.25, 0.3) is 145 Å². The number of hydrogen-bond acceptors (Lipinski definition) is 15. The molecule has 140 heavy (non-hydrogen) atoms. The molecule has 5 saturated heterocycles. The van der Waals surface area contributed by atoms with Crippen molar-refractivity contribution in [3.8, 4) is 89.5 Å². The van der Waals surface area contributed by atoms with Crippen molar-refractivity contribution in [1.82, 2.24) is 78.7 Å². The Morgan fingerprint density at radius 3 is 1.17 bits per heavy atom. The average molecular weight is 1860 g/mol. The van der Waals surface area contributed by atoms with E-state index in [1.165, 1.54) is 135 Å². The van der Waals surface area contributed by atoms with Gasteiger partial charge in [-0.3, -0.25) is 37.5 Å². The van der Waals surface area contributed by atoms with Gasteiger partial charge in [0.1, 0.15) is 56.6 Å². The van der Waals surface area contributed by atoms with Gasteiger partial charge in [-0.1, -0.05) is 98.5 Å². The molecule has 2 spiro atoms. The lowest BCUT2D eigenvalue weighted by Gasteiger charge is -2.45. The number of anilines is 2. The lowest BCUT2D eigenvalue weighted by molar-refractivity contribution is -0.0788. The summed E-state index contributed by atoms with van der Waals surface area (Å²) >= 11 is 0. The molecule has 17 heterocycles. The number of hydrogen-bond donors (Lipinski definition) is 4. The number of nitrogens with zero attached hydrogens (tertiary/aromatic N) is 14. The number of pyridine rings is 8. The molecular formula is C118H117F3N18O. The van der Waals surface area contributed by atoms with Crippen LogP contribution in [-0.2, 0) is 4.74 Å². The number of halogens is 3. The van der Waals surface area contributed by atoms with Crippen molar-refractivity contribution in [1.29, 1.82) is 0 Å². The Kier molecular flexibility index (Phi) is 24.8. The first kappa shape index (κ1) is 91.0. The number of imidazole rings is 4. The predicted molar refractivity (Wildman–Crippen MR) is 559 cm³/mol. The summed E-state index contributed by atoms with van der Waals surface area (Å²) in [5.41, 5.74) is 32.5.